The molecule has 1 aromatic carbocycles. The summed E-state index contributed by atoms with van der Waals surface area (Å²) in [7, 11) is 0. The van der Waals surface area contributed by atoms with Crippen molar-refractivity contribution < 1.29 is 9.53 Å². The van der Waals surface area contributed by atoms with E-state index in [2.05, 4.69) is 10.2 Å². The molecule has 1 aromatic heterocycles. The average molecular weight is 272 g/mol. The lowest BCUT2D eigenvalue weighted by atomic mass is 10.0. The Balaban J connectivity index is 2.57. The maximum absolute atomic E-state index is 12.3. The molecule has 0 aliphatic rings. The normalized spacial score (nSPS) is 11.4. The number of aromatic amines is 1. The predicted octanol–water partition coefficient (Wildman–Crippen LogP) is 3.94. The summed E-state index contributed by atoms with van der Waals surface area (Å²) in [6.45, 7) is 9.58. The lowest BCUT2D eigenvalue weighted by molar-refractivity contribution is 0.00695. The first kappa shape index (κ1) is 14.3. The number of esters is 1. The van der Waals surface area contributed by atoms with Crippen LogP contribution in [0.1, 0.15) is 50.5 Å². The van der Waals surface area contributed by atoms with E-state index in [1.165, 1.54) is 0 Å². The third kappa shape index (κ3) is 3.07. The minimum absolute atomic E-state index is 0.312. The van der Waals surface area contributed by atoms with E-state index >= 15 is 0 Å². The van der Waals surface area contributed by atoms with Crippen molar-refractivity contribution in [1.29, 1.82) is 0 Å². The topological polar surface area (TPSA) is 55.0 Å². The molecular formula is C16H20N2O2. The van der Waals surface area contributed by atoms with E-state index in [1.807, 2.05) is 46.8 Å². The lowest BCUT2D eigenvalue weighted by Crippen LogP contribution is -2.24. The molecule has 0 atom stereocenters. The first-order valence-corrected chi connectivity index (χ1v) is 6.62. The molecule has 20 heavy (non-hydrogen) atoms. The zero-order valence-electron chi connectivity index (χ0n) is 12.6. The van der Waals surface area contributed by atoms with Crippen LogP contribution in [0.4, 0.5) is 0 Å². The fraction of sp³-hybridized carbons (Fsp3) is 0.375. The van der Waals surface area contributed by atoms with E-state index in [0.29, 0.717) is 5.56 Å². The summed E-state index contributed by atoms with van der Waals surface area (Å²) in [6, 6.07) is 3.63. The standard InChI is InChI=1S/C16H20N2O2/c1-10(2)8-12-11(15(19)20-16(3,4)5)6-7-14-13(12)9-17-18-14/h6-9H,1-5H3,(H,17,18). The number of nitrogens with zero attached hydrogens (tertiary/aromatic N) is 1. The van der Waals surface area contributed by atoms with Gasteiger partial charge < -0.3 is 4.74 Å². The van der Waals surface area contributed by atoms with Crippen LogP contribution in [0.15, 0.2) is 23.9 Å². The molecule has 0 radical (unpaired) electrons. The molecule has 0 aliphatic heterocycles. The Hall–Kier alpha value is -2.10. The zero-order valence-corrected chi connectivity index (χ0v) is 12.6. The Morgan fingerprint density at radius 3 is 2.60 bits per heavy atom. The van der Waals surface area contributed by atoms with Crippen molar-refractivity contribution in [1.82, 2.24) is 10.2 Å². The summed E-state index contributed by atoms with van der Waals surface area (Å²) in [5, 5.41) is 7.88. The molecule has 0 aliphatic carbocycles. The molecule has 106 valence electrons. The molecule has 1 heterocycles. The van der Waals surface area contributed by atoms with Gasteiger partial charge in [0.05, 0.1) is 17.3 Å². The van der Waals surface area contributed by atoms with Crippen LogP contribution >= 0.6 is 0 Å². The summed E-state index contributed by atoms with van der Waals surface area (Å²) in [6.07, 6.45) is 3.72. The van der Waals surface area contributed by atoms with Gasteiger partial charge in [0, 0.05) is 5.39 Å². The quantitative estimate of drug-likeness (QED) is 0.842. The minimum Gasteiger partial charge on any atom is -0.456 e. The van der Waals surface area contributed by atoms with Crippen LogP contribution in [0.5, 0.6) is 0 Å². The predicted molar refractivity (Wildman–Crippen MR) is 80.6 cm³/mol. The maximum atomic E-state index is 12.3. The number of carbonyl (C=O) groups excluding carboxylic acids is 1. The molecule has 0 unspecified atom stereocenters. The molecule has 2 rings (SSSR count). The molecule has 0 fully saturated rings. The highest BCUT2D eigenvalue weighted by Gasteiger charge is 2.21. The highest BCUT2D eigenvalue weighted by molar-refractivity contribution is 6.02. The molecule has 0 saturated heterocycles. The van der Waals surface area contributed by atoms with E-state index in [-0.39, 0.29) is 5.97 Å². The van der Waals surface area contributed by atoms with E-state index < -0.39 is 5.60 Å². The minimum atomic E-state index is -0.509. The van der Waals surface area contributed by atoms with Gasteiger partial charge in [0.2, 0.25) is 0 Å². The Labute approximate surface area is 118 Å². The molecule has 0 amide bonds. The van der Waals surface area contributed by atoms with Crippen LogP contribution in [-0.2, 0) is 4.74 Å². The first-order valence-electron chi connectivity index (χ1n) is 6.62. The number of hydrogen-bond acceptors (Lipinski definition) is 3. The van der Waals surface area contributed by atoms with Crippen molar-refractivity contribution in [2.24, 2.45) is 0 Å². The van der Waals surface area contributed by atoms with Gasteiger partial charge in [-0.15, -0.1) is 0 Å². The average Bonchev–Trinajstić information content (AvgIpc) is 2.74. The number of nitrogens with one attached hydrogen (secondary N) is 1. The molecule has 0 bridgehead atoms. The van der Waals surface area contributed by atoms with Crippen molar-refractivity contribution in [2.45, 2.75) is 40.2 Å². The number of aromatic nitrogens is 2. The van der Waals surface area contributed by atoms with E-state index in [1.54, 1.807) is 12.3 Å². The number of benzene rings is 1. The van der Waals surface area contributed by atoms with Crippen LogP contribution in [-0.4, -0.2) is 21.8 Å². The summed E-state index contributed by atoms with van der Waals surface area (Å²) in [5.41, 5.74) is 2.93. The molecule has 4 nitrogen and oxygen atoms in total. The number of rotatable bonds is 2. The van der Waals surface area contributed by atoms with E-state index in [0.717, 1.165) is 22.0 Å². The first-order chi connectivity index (χ1) is 9.28. The summed E-state index contributed by atoms with van der Waals surface area (Å²) < 4.78 is 5.47. The highest BCUT2D eigenvalue weighted by atomic mass is 16.6. The summed E-state index contributed by atoms with van der Waals surface area (Å²) in [5.74, 6) is -0.312. The molecule has 1 N–H and O–H groups in total. The van der Waals surface area contributed by atoms with Crippen molar-refractivity contribution in [3.8, 4) is 0 Å². The Morgan fingerprint density at radius 1 is 1.30 bits per heavy atom. The van der Waals surface area contributed by atoms with Gasteiger partial charge in [-0.1, -0.05) is 11.6 Å². The van der Waals surface area contributed by atoms with Crippen LogP contribution < -0.4 is 0 Å². The number of ether oxygens (including phenoxy) is 1. The monoisotopic (exact) mass is 272 g/mol. The van der Waals surface area contributed by atoms with Crippen molar-refractivity contribution in [3.05, 3.63) is 35.0 Å². The van der Waals surface area contributed by atoms with Gasteiger partial charge in [-0.2, -0.15) is 5.10 Å². The number of carbonyl (C=O) groups is 1. The second-order valence-electron chi connectivity index (χ2n) is 6.08. The van der Waals surface area contributed by atoms with E-state index in [9.17, 15) is 4.79 Å². The van der Waals surface area contributed by atoms with Gasteiger partial charge in [0.15, 0.2) is 0 Å². The molecule has 2 aromatic rings. The molecule has 0 spiro atoms. The maximum Gasteiger partial charge on any atom is 0.339 e. The largest absolute Gasteiger partial charge is 0.456 e. The van der Waals surface area contributed by atoms with Crippen molar-refractivity contribution in [2.75, 3.05) is 0 Å². The molecule has 0 saturated carbocycles. The second-order valence-corrected chi connectivity index (χ2v) is 6.08. The molecular weight excluding hydrogens is 252 g/mol. The zero-order chi connectivity index (χ0) is 14.9. The fourth-order valence-corrected chi connectivity index (χ4v) is 1.99. The third-order valence-electron chi connectivity index (χ3n) is 2.72. The summed E-state index contributed by atoms with van der Waals surface area (Å²) in [4.78, 5) is 12.3. The van der Waals surface area contributed by atoms with Crippen LogP contribution in [0.3, 0.4) is 0 Å². The Bertz CT molecular complexity index is 671. The van der Waals surface area contributed by atoms with Gasteiger partial charge in [-0.3, -0.25) is 5.10 Å². The van der Waals surface area contributed by atoms with Gasteiger partial charge >= 0.3 is 5.97 Å². The molecule has 4 heteroatoms. The number of allylic oxidation sites excluding steroid dienone is 1. The van der Waals surface area contributed by atoms with Gasteiger partial charge in [-0.25, -0.2) is 4.79 Å². The van der Waals surface area contributed by atoms with Gasteiger partial charge in [0.25, 0.3) is 0 Å². The highest BCUT2D eigenvalue weighted by Crippen LogP contribution is 2.25. The lowest BCUT2D eigenvalue weighted by Gasteiger charge is -2.20. The van der Waals surface area contributed by atoms with Gasteiger partial charge in [-0.05, 0) is 52.3 Å². The Morgan fingerprint density at radius 2 is 2.00 bits per heavy atom. The van der Waals surface area contributed by atoms with Crippen molar-refractivity contribution >= 4 is 22.9 Å². The number of hydrogen-bond donors (Lipinski definition) is 1. The fourth-order valence-electron chi connectivity index (χ4n) is 1.99. The Kier molecular flexibility index (Phi) is 3.66. The van der Waals surface area contributed by atoms with Crippen LogP contribution in [0.2, 0.25) is 0 Å². The smallest absolute Gasteiger partial charge is 0.339 e. The van der Waals surface area contributed by atoms with Crippen LogP contribution in [0.25, 0.3) is 17.0 Å². The number of fused-ring (bicyclic) bond motifs is 1. The van der Waals surface area contributed by atoms with Crippen LogP contribution in [0, 0.1) is 0 Å². The second kappa shape index (κ2) is 5.12. The summed E-state index contributed by atoms with van der Waals surface area (Å²) >= 11 is 0. The number of H-pyrrole nitrogens is 1. The SMILES string of the molecule is CC(C)=Cc1c(C(=O)OC(C)(C)C)ccc2[nH]ncc12. The van der Waals surface area contributed by atoms with Gasteiger partial charge in [0.1, 0.15) is 5.60 Å². The third-order valence-corrected chi connectivity index (χ3v) is 2.72. The van der Waals surface area contributed by atoms with E-state index in [4.69, 9.17) is 4.74 Å². The van der Waals surface area contributed by atoms with Crippen molar-refractivity contribution in [3.63, 3.8) is 0 Å².